The van der Waals surface area contributed by atoms with Gasteiger partial charge in [0.1, 0.15) is 11.6 Å². The number of halogens is 7. The molecule has 0 aliphatic rings. The average molecular weight is 305 g/mol. The molecule has 0 fully saturated rings. The van der Waals surface area contributed by atoms with Crippen LogP contribution in [0.15, 0.2) is 18.2 Å². The van der Waals surface area contributed by atoms with Crippen molar-refractivity contribution in [3.8, 4) is 5.75 Å². The van der Waals surface area contributed by atoms with Crippen LogP contribution in [0.25, 0.3) is 0 Å². The van der Waals surface area contributed by atoms with Crippen LogP contribution in [0.1, 0.15) is 11.6 Å². The second-order valence-electron chi connectivity index (χ2n) is 3.97. The van der Waals surface area contributed by atoms with Gasteiger partial charge in [-0.1, -0.05) is 6.07 Å². The van der Waals surface area contributed by atoms with Crippen molar-refractivity contribution in [3.05, 3.63) is 29.6 Å². The van der Waals surface area contributed by atoms with Crippen molar-refractivity contribution in [3.63, 3.8) is 0 Å². The Morgan fingerprint density at radius 1 is 1.05 bits per heavy atom. The molecule has 1 rings (SSSR count). The molecule has 114 valence electrons. The van der Waals surface area contributed by atoms with Gasteiger partial charge >= 0.3 is 12.4 Å². The fourth-order valence-electron chi connectivity index (χ4n) is 1.68. The van der Waals surface area contributed by atoms with Crippen LogP contribution in [-0.2, 0) is 0 Å². The lowest BCUT2D eigenvalue weighted by Gasteiger charge is -2.28. The zero-order valence-electron chi connectivity index (χ0n) is 10.0. The maximum Gasteiger partial charge on any atom is 0.402 e. The van der Waals surface area contributed by atoms with E-state index in [1.165, 1.54) is 7.11 Å². The first kappa shape index (κ1) is 16.5. The molecule has 0 aliphatic heterocycles. The lowest BCUT2D eigenvalue weighted by molar-refractivity contribution is -0.290. The summed E-state index contributed by atoms with van der Waals surface area (Å²) in [4.78, 5) is 0. The van der Waals surface area contributed by atoms with E-state index in [1.54, 1.807) is 0 Å². The van der Waals surface area contributed by atoms with Crippen molar-refractivity contribution in [2.24, 2.45) is 11.7 Å². The number of ether oxygens (including phenoxy) is 1. The molecule has 2 nitrogen and oxygen atoms in total. The predicted octanol–water partition coefficient (Wildman–Crippen LogP) is 3.57. The molecule has 0 saturated heterocycles. The van der Waals surface area contributed by atoms with Gasteiger partial charge in [-0.2, -0.15) is 26.3 Å². The molecule has 20 heavy (non-hydrogen) atoms. The first-order chi connectivity index (χ1) is 8.98. The Morgan fingerprint density at radius 2 is 1.55 bits per heavy atom. The Hall–Kier alpha value is -1.51. The van der Waals surface area contributed by atoms with E-state index in [0.29, 0.717) is 6.07 Å². The molecule has 1 unspecified atom stereocenters. The summed E-state index contributed by atoms with van der Waals surface area (Å²) < 4.78 is 93.0. The van der Waals surface area contributed by atoms with Crippen LogP contribution >= 0.6 is 0 Å². The molecule has 0 saturated carbocycles. The van der Waals surface area contributed by atoms with Gasteiger partial charge in [-0.05, 0) is 6.07 Å². The topological polar surface area (TPSA) is 35.2 Å². The van der Waals surface area contributed by atoms with Gasteiger partial charge in [0.25, 0.3) is 0 Å². The van der Waals surface area contributed by atoms with Gasteiger partial charge in [0.2, 0.25) is 0 Å². The molecular weight excluding hydrogens is 295 g/mol. The Morgan fingerprint density at radius 3 is 1.90 bits per heavy atom. The smallest absolute Gasteiger partial charge is 0.402 e. The first-order valence-corrected chi connectivity index (χ1v) is 5.21. The largest absolute Gasteiger partial charge is 0.497 e. The molecule has 0 aromatic heterocycles. The van der Waals surface area contributed by atoms with Gasteiger partial charge in [-0.25, -0.2) is 4.39 Å². The molecule has 0 bridgehead atoms. The highest BCUT2D eigenvalue weighted by molar-refractivity contribution is 5.31. The predicted molar refractivity (Wildman–Crippen MR) is 55.5 cm³/mol. The van der Waals surface area contributed by atoms with E-state index in [1.807, 2.05) is 0 Å². The molecule has 0 amide bonds. The second-order valence-corrected chi connectivity index (χ2v) is 3.97. The van der Waals surface area contributed by atoms with E-state index >= 15 is 0 Å². The maximum absolute atomic E-state index is 13.5. The first-order valence-electron chi connectivity index (χ1n) is 5.21. The summed E-state index contributed by atoms with van der Waals surface area (Å²) >= 11 is 0. The van der Waals surface area contributed by atoms with Gasteiger partial charge < -0.3 is 10.5 Å². The van der Waals surface area contributed by atoms with Gasteiger partial charge in [-0.15, -0.1) is 0 Å². The molecule has 0 aliphatic carbocycles. The van der Waals surface area contributed by atoms with E-state index in [4.69, 9.17) is 5.73 Å². The zero-order valence-corrected chi connectivity index (χ0v) is 10.0. The zero-order chi connectivity index (χ0) is 15.7. The maximum atomic E-state index is 13.5. The lowest BCUT2D eigenvalue weighted by atomic mass is 9.92. The fourth-order valence-corrected chi connectivity index (χ4v) is 1.68. The van der Waals surface area contributed by atoms with Crippen molar-refractivity contribution in [1.82, 2.24) is 0 Å². The standard InChI is InChI=1S/C11H10F7NO/c1-20-5-2-3-6(7(12)4-5)8(19)9(10(13,14)15)11(16,17)18/h2-4,8-9H,19H2,1H3. The molecule has 0 radical (unpaired) electrons. The van der Waals surface area contributed by atoms with Crippen molar-refractivity contribution < 1.29 is 35.5 Å². The van der Waals surface area contributed by atoms with E-state index in [9.17, 15) is 30.7 Å². The third kappa shape index (κ3) is 3.53. The number of nitrogens with two attached hydrogens (primary N) is 1. The number of rotatable bonds is 3. The van der Waals surface area contributed by atoms with E-state index < -0.39 is 35.7 Å². The normalized spacial score (nSPS) is 14.5. The fraction of sp³-hybridized carbons (Fsp3) is 0.455. The van der Waals surface area contributed by atoms with Crippen molar-refractivity contribution >= 4 is 0 Å². The molecular formula is C11H10F7NO. The van der Waals surface area contributed by atoms with Crippen LogP contribution < -0.4 is 10.5 Å². The number of hydrogen-bond acceptors (Lipinski definition) is 2. The Balaban J connectivity index is 3.23. The van der Waals surface area contributed by atoms with Gasteiger partial charge in [0.05, 0.1) is 13.2 Å². The molecule has 1 atom stereocenters. The van der Waals surface area contributed by atoms with Crippen LogP contribution in [0, 0.1) is 11.7 Å². The van der Waals surface area contributed by atoms with Crippen molar-refractivity contribution in [2.75, 3.05) is 7.11 Å². The number of benzene rings is 1. The van der Waals surface area contributed by atoms with E-state index in [2.05, 4.69) is 4.74 Å². The minimum absolute atomic E-state index is 0.0472. The van der Waals surface area contributed by atoms with E-state index in [0.717, 1.165) is 12.1 Å². The highest BCUT2D eigenvalue weighted by Crippen LogP contribution is 2.45. The van der Waals surface area contributed by atoms with Crippen LogP contribution in [0.4, 0.5) is 30.7 Å². The van der Waals surface area contributed by atoms with Crippen molar-refractivity contribution in [1.29, 1.82) is 0 Å². The number of hydrogen-bond donors (Lipinski definition) is 1. The molecule has 1 aromatic rings. The number of methoxy groups -OCH3 is 1. The average Bonchev–Trinajstić information content (AvgIpc) is 2.24. The SMILES string of the molecule is COc1ccc(C(N)C(C(F)(F)F)C(F)(F)F)c(F)c1. The van der Waals surface area contributed by atoms with Gasteiger partial charge in [-0.3, -0.25) is 0 Å². The molecule has 2 N–H and O–H groups in total. The molecule has 0 heterocycles. The highest BCUT2D eigenvalue weighted by Gasteiger charge is 2.60. The minimum atomic E-state index is -5.63. The van der Waals surface area contributed by atoms with Gasteiger partial charge in [0, 0.05) is 11.6 Å². The summed E-state index contributed by atoms with van der Waals surface area (Å²) in [7, 11) is 1.17. The summed E-state index contributed by atoms with van der Waals surface area (Å²) in [5.41, 5.74) is 4.10. The summed E-state index contributed by atoms with van der Waals surface area (Å²) in [6, 6.07) is -0.161. The Kier molecular flexibility index (Phi) is 4.52. The second kappa shape index (κ2) is 5.47. The minimum Gasteiger partial charge on any atom is -0.497 e. The van der Waals surface area contributed by atoms with Crippen LogP contribution in [-0.4, -0.2) is 19.5 Å². The van der Waals surface area contributed by atoms with E-state index in [-0.39, 0.29) is 5.75 Å². The van der Waals surface area contributed by atoms with Gasteiger partial charge in [0.15, 0.2) is 5.92 Å². The third-order valence-corrected chi connectivity index (χ3v) is 2.63. The summed E-state index contributed by atoms with van der Waals surface area (Å²) in [5, 5.41) is 0. The van der Waals surface area contributed by atoms with Crippen LogP contribution in [0.5, 0.6) is 5.75 Å². The third-order valence-electron chi connectivity index (χ3n) is 2.63. The lowest BCUT2D eigenvalue weighted by Crippen LogP contribution is -2.44. The van der Waals surface area contributed by atoms with Crippen molar-refractivity contribution in [2.45, 2.75) is 18.4 Å². The summed E-state index contributed by atoms with van der Waals surface area (Å²) in [6.07, 6.45) is -11.3. The quantitative estimate of drug-likeness (QED) is 0.866. The summed E-state index contributed by atoms with van der Waals surface area (Å²) in [5.74, 6) is -5.19. The highest BCUT2D eigenvalue weighted by atomic mass is 19.4. The van der Waals surface area contributed by atoms with Crippen LogP contribution in [0.3, 0.4) is 0 Å². The molecule has 1 aromatic carbocycles. The number of alkyl halides is 6. The monoisotopic (exact) mass is 305 g/mol. The molecule has 9 heteroatoms. The van der Waals surface area contributed by atoms with Crippen LogP contribution in [0.2, 0.25) is 0 Å². The summed E-state index contributed by atoms with van der Waals surface area (Å²) in [6.45, 7) is 0. The molecule has 0 spiro atoms. The Bertz CT molecular complexity index is 455. The Labute approximate surface area is 109 Å².